The molecule has 0 N–H and O–H groups in total. The summed E-state index contributed by atoms with van der Waals surface area (Å²) < 4.78 is 32.1. The van der Waals surface area contributed by atoms with E-state index in [4.69, 9.17) is 16.0 Å². The van der Waals surface area contributed by atoms with E-state index in [2.05, 4.69) is 4.90 Å². The maximum Gasteiger partial charge on any atom is 0.324 e. The second-order valence-electron chi connectivity index (χ2n) is 7.93. The summed E-state index contributed by atoms with van der Waals surface area (Å²) in [5, 5.41) is 0.381. The highest BCUT2D eigenvalue weighted by Gasteiger charge is 2.35. The first-order valence-corrected chi connectivity index (χ1v) is 12.2. The Hall–Kier alpha value is -2.81. The number of benzene rings is 2. The molecule has 2 amide bonds. The Morgan fingerprint density at radius 1 is 0.969 bits per heavy atom. The molecule has 166 valence electrons. The Bertz CT molecular complexity index is 1250. The summed E-state index contributed by atoms with van der Waals surface area (Å²) in [7, 11) is -3.78. The zero-order valence-corrected chi connectivity index (χ0v) is 18.8. The SMILES string of the molecule is O=C(N1CCN(Cc2ccco2)CC1)N1Cc2ccccc2S(=O)(=O)c2ccc(Cl)cc21. The lowest BCUT2D eigenvalue weighted by molar-refractivity contribution is 0.133. The molecule has 1 aromatic heterocycles. The number of halogens is 1. The van der Waals surface area contributed by atoms with Gasteiger partial charge >= 0.3 is 6.03 Å². The zero-order chi connectivity index (χ0) is 22.3. The summed E-state index contributed by atoms with van der Waals surface area (Å²) >= 11 is 6.21. The lowest BCUT2D eigenvalue weighted by Crippen LogP contribution is -2.52. The van der Waals surface area contributed by atoms with Gasteiger partial charge in [-0.3, -0.25) is 9.80 Å². The molecule has 0 bridgehead atoms. The minimum atomic E-state index is -3.78. The van der Waals surface area contributed by atoms with Crippen molar-refractivity contribution in [2.24, 2.45) is 0 Å². The van der Waals surface area contributed by atoms with E-state index in [0.717, 1.165) is 5.76 Å². The van der Waals surface area contributed by atoms with Crippen molar-refractivity contribution in [1.82, 2.24) is 9.80 Å². The second kappa shape index (κ2) is 8.27. The van der Waals surface area contributed by atoms with Crippen LogP contribution in [-0.2, 0) is 22.9 Å². The number of piperazine rings is 1. The fourth-order valence-electron chi connectivity index (χ4n) is 4.26. The van der Waals surface area contributed by atoms with Crippen molar-refractivity contribution < 1.29 is 17.6 Å². The van der Waals surface area contributed by atoms with E-state index in [1.807, 2.05) is 12.1 Å². The first-order chi connectivity index (χ1) is 15.4. The minimum Gasteiger partial charge on any atom is -0.468 e. The van der Waals surface area contributed by atoms with Crippen molar-refractivity contribution >= 4 is 33.2 Å². The zero-order valence-electron chi connectivity index (χ0n) is 17.3. The van der Waals surface area contributed by atoms with Crippen LogP contribution in [0.4, 0.5) is 10.5 Å². The van der Waals surface area contributed by atoms with Gasteiger partial charge in [0.25, 0.3) is 0 Å². The van der Waals surface area contributed by atoms with Crippen LogP contribution in [0.2, 0.25) is 5.02 Å². The number of carbonyl (C=O) groups excluding carboxylic acids is 1. The molecule has 1 saturated heterocycles. The fourth-order valence-corrected chi connectivity index (χ4v) is 6.09. The number of anilines is 1. The predicted octanol–water partition coefficient (Wildman–Crippen LogP) is 4.02. The third-order valence-electron chi connectivity index (χ3n) is 5.93. The molecule has 3 aromatic rings. The highest BCUT2D eigenvalue weighted by molar-refractivity contribution is 7.91. The van der Waals surface area contributed by atoms with E-state index in [0.29, 0.717) is 49.0 Å². The van der Waals surface area contributed by atoms with Gasteiger partial charge in [-0.15, -0.1) is 0 Å². The molecule has 2 aliphatic heterocycles. The summed E-state index contributed by atoms with van der Waals surface area (Å²) in [4.78, 5) is 19.5. The monoisotopic (exact) mass is 471 g/mol. The molecule has 0 unspecified atom stereocenters. The van der Waals surface area contributed by atoms with Crippen molar-refractivity contribution in [2.75, 3.05) is 31.1 Å². The lowest BCUT2D eigenvalue weighted by Gasteiger charge is -2.37. The molecule has 7 nitrogen and oxygen atoms in total. The van der Waals surface area contributed by atoms with E-state index < -0.39 is 9.84 Å². The van der Waals surface area contributed by atoms with Crippen LogP contribution < -0.4 is 4.90 Å². The summed E-state index contributed by atoms with van der Waals surface area (Å²) in [6.45, 7) is 3.35. The summed E-state index contributed by atoms with van der Waals surface area (Å²) in [6.07, 6.45) is 1.66. The van der Waals surface area contributed by atoms with Gasteiger partial charge in [-0.05, 0) is 42.0 Å². The molecule has 0 aliphatic carbocycles. The van der Waals surface area contributed by atoms with Crippen LogP contribution in [-0.4, -0.2) is 50.4 Å². The molecule has 32 heavy (non-hydrogen) atoms. The number of rotatable bonds is 2. The molecule has 1 fully saturated rings. The van der Waals surface area contributed by atoms with Crippen LogP contribution in [0.3, 0.4) is 0 Å². The van der Waals surface area contributed by atoms with Crippen LogP contribution in [0, 0.1) is 0 Å². The molecule has 3 heterocycles. The lowest BCUT2D eigenvalue weighted by atomic mass is 10.2. The van der Waals surface area contributed by atoms with Crippen molar-refractivity contribution in [2.45, 2.75) is 22.9 Å². The first-order valence-electron chi connectivity index (χ1n) is 10.4. The number of hydrogen-bond donors (Lipinski definition) is 0. The van der Waals surface area contributed by atoms with Crippen molar-refractivity contribution in [3.05, 3.63) is 77.2 Å². The predicted molar refractivity (Wildman–Crippen MR) is 120 cm³/mol. The topological polar surface area (TPSA) is 74.1 Å². The van der Waals surface area contributed by atoms with E-state index in [-0.39, 0.29) is 22.4 Å². The van der Waals surface area contributed by atoms with Gasteiger partial charge in [-0.2, -0.15) is 0 Å². The van der Waals surface area contributed by atoms with Gasteiger partial charge in [0.2, 0.25) is 9.84 Å². The number of amides is 2. The molecule has 0 spiro atoms. The van der Waals surface area contributed by atoms with E-state index in [1.54, 1.807) is 47.6 Å². The highest BCUT2D eigenvalue weighted by Crippen LogP contribution is 2.38. The quantitative estimate of drug-likeness (QED) is 0.564. The van der Waals surface area contributed by atoms with Crippen LogP contribution >= 0.6 is 11.6 Å². The Labute approximate surface area is 191 Å². The average molecular weight is 472 g/mol. The number of urea groups is 1. The van der Waals surface area contributed by atoms with Crippen LogP contribution in [0.15, 0.2) is 75.1 Å². The molecule has 5 rings (SSSR count). The van der Waals surface area contributed by atoms with Gasteiger partial charge in [-0.25, -0.2) is 13.2 Å². The van der Waals surface area contributed by atoms with E-state index >= 15 is 0 Å². The smallest absolute Gasteiger partial charge is 0.324 e. The summed E-state index contributed by atoms with van der Waals surface area (Å²) in [5.74, 6) is 0.891. The van der Waals surface area contributed by atoms with Gasteiger partial charge in [0.1, 0.15) is 5.76 Å². The highest BCUT2D eigenvalue weighted by atomic mass is 35.5. The minimum absolute atomic E-state index is 0.0941. The third kappa shape index (κ3) is 3.79. The van der Waals surface area contributed by atoms with Crippen LogP contribution in [0.1, 0.15) is 11.3 Å². The summed E-state index contributed by atoms with van der Waals surface area (Å²) in [5.41, 5.74) is 0.904. The van der Waals surface area contributed by atoms with Crippen molar-refractivity contribution in [3.63, 3.8) is 0 Å². The first kappa shape index (κ1) is 21.1. The number of sulfone groups is 1. The Morgan fingerprint density at radius 2 is 1.75 bits per heavy atom. The molecule has 0 saturated carbocycles. The summed E-state index contributed by atoms with van der Waals surface area (Å²) in [6, 6.07) is 15.0. The largest absolute Gasteiger partial charge is 0.468 e. The number of nitrogens with zero attached hydrogens (tertiary/aromatic N) is 3. The van der Waals surface area contributed by atoms with Crippen LogP contribution in [0.25, 0.3) is 0 Å². The molecule has 0 atom stereocenters. The third-order valence-corrected chi connectivity index (χ3v) is 8.06. The molecule has 0 radical (unpaired) electrons. The maximum atomic E-state index is 13.6. The molecule has 2 aromatic carbocycles. The Morgan fingerprint density at radius 3 is 2.50 bits per heavy atom. The molecule has 2 aliphatic rings. The normalized spacial score (nSPS) is 18.0. The number of carbonyl (C=O) groups is 1. The van der Waals surface area contributed by atoms with Gasteiger partial charge in [-0.1, -0.05) is 29.8 Å². The molecule has 9 heteroatoms. The van der Waals surface area contributed by atoms with Crippen molar-refractivity contribution in [3.8, 4) is 0 Å². The van der Waals surface area contributed by atoms with Gasteiger partial charge in [0.15, 0.2) is 0 Å². The van der Waals surface area contributed by atoms with E-state index in [9.17, 15) is 13.2 Å². The number of furan rings is 1. The van der Waals surface area contributed by atoms with Gasteiger partial charge in [0, 0.05) is 31.2 Å². The van der Waals surface area contributed by atoms with Gasteiger partial charge < -0.3 is 9.32 Å². The molecular weight excluding hydrogens is 450 g/mol. The Balaban J connectivity index is 1.44. The fraction of sp³-hybridized carbons (Fsp3) is 0.261. The van der Waals surface area contributed by atoms with E-state index in [1.165, 1.54) is 11.0 Å². The average Bonchev–Trinajstić information content (AvgIpc) is 3.27. The standard InChI is InChI=1S/C23H22ClN3O4S/c24-18-7-8-22-20(14-18)27(15-17-4-1-2-6-21(17)32(22,29)30)23(28)26-11-9-25(10-12-26)16-19-5-3-13-31-19/h1-8,13-14H,9-12,15-16H2. The maximum absolute atomic E-state index is 13.6. The second-order valence-corrected chi connectivity index (χ2v) is 10.3. The number of hydrogen-bond acceptors (Lipinski definition) is 5. The van der Waals surface area contributed by atoms with Gasteiger partial charge in [0.05, 0.1) is 34.8 Å². The Kier molecular flexibility index (Phi) is 5.44. The van der Waals surface area contributed by atoms with Crippen LogP contribution in [0.5, 0.6) is 0 Å². The molecular formula is C23H22ClN3O4S. The van der Waals surface area contributed by atoms with Crippen molar-refractivity contribution in [1.29, 1.82) is 0 Å². The number of fused-ring (bicyclic) bond motifs is 2.